The highest BCUT2D eigenvalue weighted by Gasteiger charge is 2.14. The molecule has 0 bridgehead atoms. The van der Waals surface area contributed by atoms with Crippen LogP contribution in [0.4, 0.5) is 5.69 Å². The van der Waals surface area contributed by atoms with Gasteiger partial charge in [0.2, 0.25) is 0 Å². The van der Waals surface area contributed by atoms with E-state index >= 15 is 0 Å². The number of nitrogens with zero attached hydrogens (tertiary/aromatic N) is 1. The normalized spacial score (nSPS) is 20.1. The van der Waals surface area contributed by atoms with Crippen molar-refractivity contribution in [2.24, 2.45) is 4.99 Å². The SMILES string of the molecule is C[C@H]1CN=C(Nc2cccc(Cl)c2)O1. The average Bonchev–Trinajstić information content (AvgIpc) is 2.51. The molecule has 0 unspecified atom stereocenters. The lowest BCUT2D eigenvalue weighted by Gasteiger charge is -2.07. The summed E-state index contributed by atoms with van der Waals surface area (Å²) in [5.74, 6) is 0. The molecule has 0 radical (unpaired) electrons. The first kappa shape index (κ1) is 9.34. The van der Waals surface area contributed by atoms with Crippen molar-refractivity contribution in [3.63, 3.8) is 0 Å². The van der Waals surface area contributed by atoms with Crippen LogP contribution in [0, 0.1) is 0 Å². The third-order valence-corrected chi connectivity index (χ3v) is 2.12. The van der Waals surface area contributed by atoms with Crippen LogP contribution in [-0.2, 0) is 4.74 Å². The fourth-order valence-corrected chi connectivity index (χ4v) is 1.43. The minimum Gasteiger partial charge on any atom is -0.460 e. The first-order valence-electron chi connectivity index (χ1n) is 4.48. The van der Waals surface area contributed by atoms with Gasteiger partial charge in [0.1, 0.15) is 6.10 Å². The van der Waals surface area contributed by atoms with E-state index < -0.39 is 0 Å². The van der Waals surface area contributed by atoms with E-state index in [1.54, 1.807) is 0 Å². The third kappa shape index (κ3) is 2.17. The molecule has 2 rings (SSSR count). The van der Waals surface area contributed by atoms with Crippen molar-refractivity contribution in [2.75, 3.05) is 11.9 Å². The maximum Gasteiger partial charge on any atom is 0.289 e. The maximum absolute atomic E-state index is 5.84. The second-order valence-corrected chi connectivity index (χ2v) is 3.65. The molecular formula is C10H11ClN2O. The Labute approximate surface area is 87.7 Å². The minimum atomic E-state index is 0.164. The van der Waals surface area contributed by atoms with Gasteiger partial charge < -0.3 is 10.1 Å². The van der Waals surface area contributed by atoms with E-state index in [1.807, 2.05) is 31.2 Å². The maximum atomic E-state index is 5.84. The van der Waals surface area contributed by atoms with Crippen molar-refractivity contribution < 1.29 is 4.74 Å². The van der Waals surface area contributed by atoms with Gasteiger partial charge in [0.05, 0.1) is 6.54 Å². The van der Waals surface area contributed by atoms with Gasteiger partial charge in [-0.1, -0.05) is 17.7 Å². The molecule has 1 aliphatic heterocycles. The van der Waals surface area contributed by atoms with Crippen LogP contribution < -0.4 is 5.32 Å². The fourth-order valence-electron chi connectivity index (χ4n) is 1.24. The van der Waals surface area contributed by atoms with Crippen LogP contribution in [0.1, 0.15) is 6.92 Å². The zero-order valence-electron chi connectivity index (χ0n) is 7.83. The number of nitrogens with one attached hydrogen (secondary N) is 1. The molecule has 0 spiro atoms. The lowest BCUT2D eigenvalue weighted by Crippen LogP contribution is -2.15. The number of rotatable bonds is 1. The summed E-state index contributed by atoms with van der Waals surface area (Å²) in [6, 6.07) is 8.02. The van der Waals surface area contributed by atoms with Gasteiger partial charge in [0.15, 0.2) is 0 Å². The van der Waals surface area contributed by atoms with E-state index in [2.05, 4.69) is 10.3 Å². The first-order chi connectivity index (χ1) is 6.74. The molecule has 0 saturated carbocycles. The number of amidine groups is 1. The number of hydrogen-bond acceptors (Lipinski definition) is 3. The molecule has 0 saturated heterocycles. The van der Waals surface area contributed by atoms with Crippen LogP contribution >= 0.6 is 11.6 Å². The number of hydrogen-bond donors (Lipinski definition) is 1. The lowest BCUT2D eigenvalue weighted by molar-refractivity contribution is 0.245. The van der Waals surface area contributed by atoms with Gasteiger partial charge in [-0.15, -0.1) is 0 Å². The molecule has 0 aliphatic carbocycles. The molecule has 1 aromatic rings. The Kier molecular flexibility index (Phi) is 2.59. The number of benzene rings is 1. The second kappa shape index (κ2) is 3.88. The van der Waals surface area contributed by atoms with Gasteiger partial charge in [-0.25, -0.2) is 4.99 Å². The highest BCUT2D eigenvalue weighted by atomic mass is 35.5. The molecule has 1 aliphatic rings. The van der Waals surface area contributed by atoms with Crippen molar-refractivity contribution >= 4 is 23.3 Å². The molecule has 0 fully saturated rings. The average molecular weight is 211 g/mol. The summed E-state index contributed by atoms with van der Waals surface area (Å²) in [6.45, 7) is 2.69. The monoisotopic (exact) mass is 210 g/mol. The Hall–Kier alpha value is -1.22. The Morgan fingerprint density at radius 2 is 2.43 bits per heavy atom. The lowest BCUT2D eigenvalue weighted by atomic mass is 10.3. The highest BCUT2D eigenvalue weighted by molar-refractivity contribution is 6.30. The molecule has 4 heteroatoms. The van der Waals surface area contributed by atoms with Gasteiger partial charge in [-0.2, -0.15) is 0 Å². The Balaban J connectivity index is 2.04. The van der Waals surface area contributed by atoms with E-state index in [0.29, 0.717) is 17.6 Å². The Morgan fingerprint density at radius 1 is 1.57 bits per heavy atom. The zero-order chi connectivity index (χ0) is 9.97. The summed E-state index contributed by atoms with van der Waals surface area (Å²) in [7, 11) is 0. The number of aliphatic imine (C=N–C) groups is 1. The van der Waals surface area contributed by atoms with E-state index in [-0.39, 0.29) is 6.10 Å². The Morgan fingerprint density at radius 3 is 3.07 bits per heavy atom. The van der Waals surface area contributed by atoms with Gasteiger partial charge in [0.25, 0.3) is 6.02 Å². The van der Waals surface area contributed by atoms with Crippen molar-refractivity contribution in [1.82, 2.24) is 0 Å². The van der Waals surface area contributed by atoms with Crippen LogP contribution in [0.5, 0.6) is 0 Å². The second-order valence-electron chi connectivity index (χ2n) is 3.21. The number of ether oxygens (including phenoxy) is 1. The molecule has 0 amide bonds. The Bertz CT molecular complexity index is 365. The van der Waals surface area contributed by atoms with Gasteiger partial charge >= 0.3 is 0 Å². The quantitative estimate of drug-likeness (QED) is 0.773. The summed E-state index contributed by atoms with van der Waals surface area (Å²) in [5.41, 5.74) is 0.894. The summed E-state index contributed by atoms with van der Waals surface area (Å²) >= 11 is 5.84. The van der Waals surface area contributed by atoms with Gasteiger partial charge in [-0.05, 0) is 25.1 Å². The molecule has 1 heterocycles. The van der Waals surface area contributed by atoms with E-state index in [4.69, 9.17) is 16.3 Å². The van der Waals surface area contributed by atoms with Crippen molar-refractivity contribution in [2.45, 2.75) is 13.0 Å². The van der Waals surface area contributed by atoms with Crippen LogP contribution in [0.3, 0.4) is 0 Å². The third-order valence-electron chi connectivity index (χ3n) is 1.88. The van der Waals surface area contributed by atoms with Crippen LogP contribution in [0.25, 0.3) is 0 Å². The highest BCUT2D eigenvalue weighted by Crippen LogP contribution is 2.16. The van der Waals surface area contributed by atoms with Crippen LogP contribution in [0.15, 0.2) is 29.3 Å². The van der Waals surface area contributed by atoms with Crippen LogP contribution in [0.2, 0.25) is 5.02 Å². The van der Waals surface area contributed by atoms with Crippen molar-refractivity contribution in [3.05, 3.63) is 29.3 Å². The molecule has 1 N–H and O–H groups in total. The van der Waals surface area contributed by atoms with Gasteiger partial charge in [0, 0.05) is 10.7 Å². The summed E-state index contributed by atoms with van der Waals surface area (Å²) in [4.78, 5) is 4.18. The molecule has 3 nitrogen and oxygen atoms in total. The largest absolute Gasteiger partial charge is 0.460 e. The van der Waals surface area contributed by atoms with Crippen molar-refractivity contribution in [3.8, 4) is 0 Å². The van der Waals surface area contributed by atoms with Crippen LogP contribution in [-0.4, -0.2) is 18.7 Å². The molecule has 0 aromatic heterocycles. The van der Waals surface area contributed by atoms with Gasteiger partial charge in [-0.3, -0.25) is 0 Å². The van der Waals surface area contributed by atoms with E-state index in [9.17, 15) is 0 Å². The number of halogens is 1. The van der Waals surface area contributed by atoms with E-state index in [0.717, 1.165) is 5.69 Å². The summed E-state index contributed by atoms with van der Waals surface area (Å²) < 4.78 is 5.40. The summed E-state index contributed by atoms with van der Waals surface area (Å²) in [6.07, 6.45) is 0.164. The predicted octanol–water partition coefficient (Wildman–Crippen LogP) is 2.53. The number of anilines is 1. The van der Waals surface area contributed by atoms with E-state index in [1.165, 1.54) is 0 Å². The summed E-state index contributed by atoms with van der Waals surface area (Å²) in [5, 5.41) is 3.75. The fraction of sp³-hybridized carbons (Fsp3) is 0.300. The first-order valence-corrected chi connectivity index (χ1v) is 4.85. The minimum absolute atomic E-state index is 0.164. The topological polar surface area (TPSA) is 33.6 Å². The molecule has 1 aromatic carbocycles. The molecular weight excluding hydrogens is 200 g/mol. The molecule has 1 atom stereocenters. The zero-order valence-corrected chi connectivity index (χ0v) is 8.58. The smallest absolute Gasteiger partial charge is 0.289 e. The molecule has 14 heavy (non-hydrogen) atoms. The standard InChI is InChI=1S/C10H11ClN2O/c1-7-6-12-10(14-7)13-9-4-2-3-8(11)5-9/h2-5,7H,6H2,1H3,(H,12,13)/t7-/m0/s1. The molecule has 74 valence electrons. The predicted molar refractivity (Wildman–Crippen MR) is 57.9 cm³/mol. The van der Waals surface area contributed by atoms with Crippen molar-refractivity contribution in [1.29, 1.82) is 0 Å².